The van der Waals surface area contributed by atoms with E-state index in [1.807, 2.05) is 24.3 Å². The van der Waals surface area contributed by atoms with Crippen LogP contribution in [0.2, 0.25) is 0 Å². The third-order valence-corrected chi connectivity index (χ3v) is 5.02. The van der Waals surface area contributed by atoms with Crippen LogP contribution in [0, 0.1) is 0 Å². The van der Waals surface area contributed by atoms with Crippen molar-refractivity contribution in [3.05, 3.63) is 30.1 Å². The Morgan fingerprint density at radius 3 is 2.69 bits per heavy atom. The van der Waals surface area contributed by atoms with Crippen molar-refractivity contribution < 1.29 is 9.53 Å². The molecule has 0 aliphatic carbocycles. The largest absolute Gasteiger partial charge is 0.373 e. The summed E-state index contributed by atoms with van der Waals surface area (Å²) in [6.45, 7) is 11.0. The fourth-order valence-corrected chi connectivity index (χ4v) is 3.54. The van der Waals surface area contributed by atoms with Crippen LogP contribution in [0.4, 0.5) is 0 Å². The molecule has 2 atom stereocenters. The number of aromatic amines is 1. The zero-order chi connectivity index (χ0) is 18.7. The SMILES string of the molecule is C[C@@H]1CN(C(C)(C)CNC(=O)CCc2nc3ccccc3[nH]2)C[C@H](C)O1. The van der Waals surface area contributed by atoms with Gasteiger partial charge in [-0.3, -0.25) is 9.69 Å². The minimum atomic E-state index is -0.0959. The van der Waals surface area contributed by atoms with Crippen molar-refractivity contribution in [3.63, 3.8) is 0 Å². The predicted molar refractivity (Wildman–Crippen MR) is 103 cm³/mol. The summed E-state index contributed by atoms with van der Waals surface area (Å²) in [5, 5.41) is 3.09. The molecule has 3 rings (SSSR count). The van der Waals surface area contributed by atoms with E-state index in [-0.39, 0.29) is 23.7 Å². The number of imidazole rings is 1. The summed E-state index contributed by atoms with van der Waals surface area (Å²) in [4.78, 5) is 22.5. The van der Waals surface area contributed by atoms with Gasteiger partial charge in [0.25, 0.3) is 0 Å². The van der Waals surface area contributed by atoms with E-state index in [4.69, 9.17) is 4.74 Å². The first-order valence-electron chi connectivity index (χ1n) is 9.44. The maximum absolute atomic E-state index is 12.3. The van der Waals surface area contributed by atoms with E-state index in [1.54, 1.807) is 0 Å². The van der Waals surface area contributed by atoms with Crippen LogP contribution in [0.3, 0.4) is 0 Å². The number of carbonyl (C=O) groups is 1. The summed E-state index contributed by atoms with van der Waals surface area (Å²) in [6.07, 6.45) is 1.50. The predicted octanol–water partition coefficient (Wildman–Crippen LogP) is 2.50. The van der Waals surface area contributed by atoms with Gasteiger partial charge in [0.05, 0.1) is 23.2 Å². The van der Waals surface area contributed by atoms with Gasteiger partial charge in [-0.05, 0) is 39.8 Å². The number of H-pyrrole nitrogens is 1. The van der Waals surface area contributed by atoms with E-state index < -0.39 is 0 Å². The molecule has 0 bridgehead atoms. The number of rotatable bonds is 6. The molecule has 0 unspecified atom stereocenters. The average Bonchev–Trinajstić information content (AvgIpc) is 3.00. The summed E-state index contributed by atoms with van der Waals surface area (Å²) in [5.41, 5.74) is 1.86. The molecule has 2 heterocycles. The second-order valence-corrected chi connectivity index (χ2v) is 7.95. The van der Waals surface area contributed by atoms with Crippen molar-refractivity contribution in [1.82, 2.24) is 20.2 Å². The van der Waals surface area contributed by atoms with Crippen molar-refractivity contribution in [1.29, 1.82) is 0 Å². The number of para-hydroxylation sites is 2. The van der Waals surface area contributed by atoms with Crippen molar-refractivity contribution in [2.75, 3.05) is 19.6 Å². The number of morpholine rings is 1. The Morgan fingerprint density at radius 1 is 1.31 bits per heavy atom. The van der Waals surface area contributed by atoms with Gasteiger partial charge in [-0.1, -0.05) is 12.1 Å². The quantitative estimate of drug-likeness (QED) is 0.832. The first kappa shape index (κ1) is 18.9. The van der Waals surface area contributed by atoms with Crippen LogP contribution in [-0.2, 0) is 16.0 Å². The van der Waals surface area contributed by atoms with Gasteiger partial charge < -0.3 is 15.0 Å². The third-order valence-electron chi connectivity index (χ3n) is 5.02. The average molecular weight is 358 g/mol. The lowest BCUT2D eigenvalue weighted by Crippen LogP contribution is -2.58. The molecule has 1 amide bonds. The maximum Gasteiger partial charge on any atom is 0.220 e. The molecule has 1 aliphatic rings. The van der Waals surface area contributed by atoms with E-state index in [0.29, 0.717) is 19.4 Å². The highest BCUT2D eigenvalue weighted by atomic mass is 16.5. The Labute approximate surface area is 155 Å². The molecule has 1 fully saturated rings. The molecular formula is C20H30N4O2. The minimum absolute atomic E-state index is 0.0629. The highest BCUT2D eigenvalue weighted by Gasteiger charge is 2.33. The van der Waals surface area contributed by atoms with Gasteiger partial charge in [-0.2, -0.15) is 0 Å². The van der Waals surface area contributed by atoms with E-state index >= 15 is 0 Å². The summed E-state index contributed by atoms with van der Waals surface area (Å²) >= 11 is 0. The smallest absolute Gasteiger partial charge is 0.220 e. The molecule has 0 radical (unpaired) electrons. The molecule has 1 aliphatic heterocycles. The van der Waals surface area contributed by atoms with Gasteiger partial charge in [0.15, 0.2) is 0 Å². The first-order chi connectivity index (χ1) is 12.3. The standard InChI is InChI=1S/C20H30N4O2/c1-14-11-24(12-15(2)26-14)20(3,4)13-21-19(25)10-9-18-22-16-7-5-6-8-17(16)23-18/h5-8,14-15H,9-13H2,1-4H3,(H,21,25)(H,22,23)/t14-,15+. The molecular weight excluding hydrogens is 328 g/mol. The maximum atomic E-state index is 12.3. The van der Waals surface area contributed by atoms with Crippen LogP contribution in [0.5, 0.6) is 0 Å². The molecule has 1 aromatic heterocycles. The minimum Gasteiger partial charge on any atom is -0.373 e. The second-order valence-electron chi connectivity index (χ2n) is 7.95. The number of hydrogen-bond acceptors (Lipinski definition) is 4. The summed E-state index contributed by atoms with van der Waals surface area (Å²) < 4.78 is 5.81. The number of hydrogen-bond donors (Lipinski definition) is 2. The van der Waals surface area contributed by atoms with E-state index in [9.17, 15) is 4.79 Å². The van der Waals surface area contributed by atoms with Gasteiger partial charge in [-0.25, -0.2) is 4.98 Å². The number of benzene rings is 1. The van der Waals surface area contributed by atoms with Gasteiger partial charge in [-0.15, -0.1) is 0 Å². The van der Waals surface area contributed by atoms with Gasteiger partial charge in [0.1, 0.15) is 5.82 Å². The number of aryl methyl sites for hydroxylation is 1. The highest BCUT2D eigenvalue weighted by Crippen LogP contribution is 2.20. The van der Waals surface area contributed by atoms with Gasteiger partial charge >= 0.3 is 0 Å². The van der Waals surface area contributed by atoms with Crippen molar-refractivity contribution >= 4 is 16.9 Å². The molecule has 0 spiro atoms. The summed E-state index contributed by atoms with van der Waals surface area (Å²) in [6, 6.07) is 7.92. The zero-order valence-corrected chi connectivity index (χ0v) is 16.2. The molecule has 1 saturated heterocycles. The van der Waals surface area contributed by atoms with Gasteiger partial charge in [0, 0.05) is 38.0 Å². The van der Waals surface area contributed by atoms with Crippen LogP contribution >= 0.6 is 0 Å². The number of nitrogens with zero attached hydrogens (tertiary/aromatic N) is 2. The van der Waals surface area contributed by atoms with Crippen LogP contribution < -0.4 is 5.32 Å². The lowest BCUT2D eigenvalue weighted by atomic mass is 10.00. The van der Waals surface area contributed by atoms with Crippen LogP contribution in [0.25, 0.3) is 11.0 Å². The fourth-order valence-electron chi connectivity index (χ4n) is 3.54. The topological polar surface area (TPSA) is 70.2 Å². The molecule has 26 heavy (non-hydrogen) atoms. The molecule has 0 saturated carbocycles. The molecule has 6 heteroatoms. The van der Waals surface area contributed by atoms with Crippen LogP contribution in [0.1, 0.15) is 39.9 Å². The number of fused-ring (bicyclic) bond motifs is 1. The lowest BCUT2D eigenvalue weighted by molar-refractivity contribution is -0.122. The lowest BCUT2D eigenvalue weighted by Gasteiger charge is -2.45. The number of ether oxygens (including phenoxy) is 1. The fraction of sp³-hybridized carbons (Fsp3) is 0.600. The van der Waals surface area contributed by atoms with Crippen LogP contribution in [0.15, 0.2) is 24.3 Å². The Kier molecular flexibility index (Phi) is 5.63. The Bertz CT molecular complexity index is 712. The van der Waals surface area contributed by atoms with E-state index in [2.05, 4.69) is 47.9 Å². The van der Waals surface area contributed by atoms with Crippen molar-refractivity contribution in [2.45, 2.75) is 58.3 Å². The molecule has 6 nitrogen and oxygen atoms in total. The number of aromatic nitrogens is 2. The normalized spacial score (nSPS) is 21.8. The zero-order valence-electron chi connectivity index (χ0n) is 16.2. The Morgan fingerprint density at radius 2 is 2.00 bits per heavy atom. The number of carbonyl (C=O) groups excluding carboxylic acids is 1. The highest BCUT2D eigenvalue weighted by molar-refractivity contribution is 5.77. The van der Waals surface area contributed by atoms with E-state index in [0.717, 1.165) is 29.9 Å². The Balaban J connectivity index is 1.48. The summed E-state index contributed by atoms with van der Waals surface area (Å²) in [7, 11) is 0. The molecule has 2 N–H and O–H groups in total. The first-order valence-corrected chi connectivity index (χ1v) is 9.44. The van der Waals surface area contributed by atoms with Gasteiger partial charge in [0.2, 0.25) is 5.91 Å². The third kappa shape index (κ3) is 4.62. The number of nitrogens with one attached hydrogen (secondary N) is 2. The molecule has 142 valence electrons. The summed E-state index contributed by atoms with van der Waals surface area (Å²) in [5.74, 6) is 0.921. The molecule has 1 aromatic carbocycles. The van der Waals surface area contributed by atoms with Crippen LogP contribution in [-0.4, -0.2) is 58.2 Å². The van der Waals surface area contributed by atoms with Crippen molar-refractivity contribution in [3.8, 4) is 0 Å². The number of amides is 1. The monoisotopic (exact) mass is 358 g/mol. The second kappa shape index (κ2) is 7.76. The van der Waals surface area contributed by atoms with E-state index in [1.165, 1.54) is 0 Å². The Hall–Kier alpha value is -1.92. The van der Waals surface area contributed by atoms with Crippen molar-refractivity contribution in [2.24, 2.45) is 0 Å². The molecule has 2 aromatic rings.